The van der Waals surface area contributed by atoms with E-state index in [2.05, 4.69) is 0 Å². The fourth-order valence-electron chi connectivity index (χ4n) is 2.96. The second kappa shape index (κ2) is 6.32. The lowest BCUT2D eigenvalue weighted by Crippen LogP contribution is -2.35. The molecule has 1 saturated heterocycles. The van der Waals surface area contributed by atoms with Crippen molar-refractivity contribution < 1.29 is 27.5 Å². The molecule has 0 spiro atoms. The zero-order valence-electron chi connectivity index (χ0n) is 12.7. The summed E-state index contributed by atoms with van der Waals surface area (Å²) in [5.74, 6) is 0.00916. The molecule has 3 rings (SSSR count). The maximum Gasteiger partial charge on any atom is 0.416 e. The molecular weight excluding hydrogens is 323 g/mol. The van der Waals surface area contributed by atoms with Crippen molar-refractivity contribution in [2.75, 3.05) is 6.54 Å². The molecule has 0 radical (unpaired) electrons. The lowest BCUT2D eigenvalue weighted by Gasteiger charge is -2.19. The highest BCUT2D eigenvalue weighted by Gasteiger charge is 2.32. The Labute approximate surface area is 136 Å². The molecule has 1 aromatic carbocycles. The molecule has 7 heteroatoms. The number of likely N-dealkylation sites (tertiary alicyclic amines) is 1. The summed E-state index contributed by atoms with van der Waals surface area (Å²) in [6.07, 6.45) is -3.01. The van der Waals surface area contributed by atoms with Crippen LogP contribution in [-0.2, 0) is 17.5 Å². The Kier molecular flexibility index (Phi) is 4.36. The fourth-order valence-corrected chi connectivity index (χ4v) is 2.96. The quantitative estimate of drug-likeness (QED) is 0.914. The SMILES string of the molecule is O=C(O)[C@@H]1CCCN1Cc1ccc(-c2cccc(C(F)(F)F)c2)o1. The van der Waals surface area contributed by atoms with E-state index in [4.69, 9.17) is 4.42 Å². The van der Waals surface area contributed by atoms with E-state index in [1.807, 2.05) is 0 Å². The van der Waals surface area contributed by atoms with Gasteiger partial charge in [0.25, 0.3) is 0 Å². The first-order chi connectivity index (χ1) is 11.3. The number of halogens is 3. The average molecular weight is 339 g/mol. The third-order valence-corrected chi connectivity index (χ3v) is 4.14. The van der Waals surface area contributed by atoms with Gasteiger partial charge in [0, 0.05) is 5.56 Å². The number of rotatable bonds is 4. The van der Waals surface area contributed by atoms with Gasteiger partial charge in [0.05, 0.1) is 12.1 Å². The zero-order valence-corrected chi connectivity index (χ0v) is 12.7. The van der Waals surface area contributed by atoms with Gasteiger partial charge in [-0.3, -0.25) is 9.69 Å². The van der Waals surface area contributed by atoms with E-state index < -0.39 is 23.8 Å². The Morgan fingerprint density at radius 3 is 2.79 bits per heavy atom. The number of carboxylic acids is 1. The number of hydrogen-bond donors (Lipinski definition) is 1. The monoisotopic (exact) mass is 339 g/mol. The molecule has 1 N–H and O–H groups in total. The van der Waals surface area contributed by atoms with E-state index in [1.54, 1.807) is 23.1 Å². The van der Waals surface area contributed by atoms with Gasteiger partial charge in [0.2, 0.25) is 0 Å². The van der Waals surface area contributed by atoms with Crippen molar-refractivity contribution in [2.24, 2.45) is 0 Å². The molecule has 128 valence electrons. The normalized spacial score (nSPS) is 18.9. The molecule has 1 atom stereocenters. The highest BCUT2D eigenvalue weighted by Crippen LogP contribution is 2.33. The first-order valence-corrected chi connectivity index (χ1v) is 7.58. The third kappa shape index (κ3) is 3.46. The van der Waals surface area contributed by atoms with Gasteiger partial charge in [-0.2, -0.15) is 13.2 Å². The molecule has 2 aromatic rings. The van der Waals surface area contributed by atoms with Crippen LogP contribution in [0.2, 0.25) is 0 Å². The maximum absolute atomic E-state index is 12.8. The Balaban J connectivity index is 1.78. The largest absolute Gasteiger partial charge is 0.480 e. The Morgan fingerprint density at radius 2 is 2.08 bits per heavy atom. The molecule has 1 aliphatic rings. The molecule has 4 nitrogen and oxygen atoms in total. The van der Waals surface area contributed by atoms with Crippen LogP contribution in [0.1, 0.15) is 24.2 Å². The van der Waals surface area contributed by atoms with E-state index in [0.717, 1.165) is 18.6 Å². The second-order valence-electron chi connectivity index (χ2n) is 5.81. The van der Waals surface area contributed by atoms with Crippen LogP contribution in [-0.4, -0.2) is 28.6 Å². The smallest absolute Gasteiger partial charge is 0.416 e. The van der Waals surface area contributed by atoms with Crippen molar-refractivity contribution in [3.63, 3.8) is 0 Å². The predicted octanol–water partition coefficient (Wildman–Crippen LogP) is 4.01. The van der Waals surface area contributed by atoms with E-state index in [0.29, 0.717) is 36.6 Å². The van der Waals surface area contributed by atoms with Crippen molar-refractivity contribution in [3.05, 3.63) is 47.7 Å². The van der Waals surface area contributed by atoms with Crippen molar-refractivity contribution in [3.8, 4) is 11.3 Å². The molecular formula is C17H16F3NO3. The third-order valence-electron chi connectivity index (χ3n) is 4.14. The van der Waals surface area contributed by atoms with E-state index in [9.17, 15) is 23.1 Å². The first kappa shape index (κ1) is 16.6. The highest BCUT2D eigenvalue weighted by atomic mass is 19.4. The molecule has 0 amide bonds. The minimum absolute atomic E-state index is 0.329. The number of benzene rings is 1. The molecule has 1 aromatic heterocycles. The predicted molar refractivity (Wildman–Crippen MR) is 80.2 cm³/mol. The van der Waals surface area contributed by atoms with Gasteiger partial charge >= 0.3 is 12.1 Å². The summed E-state index contributed by atoms with van der Waals surface area (Å²) in [4.78, 5) is 13.0. The number of carbonyl (C=O) groups is 1. The van der Waals surface area contributed by atoms with E-state index in [1.165, 1.54) is 6.07 Å². The molecule has 0 bridgehead atoms. The second-order valence-corrected chi connectivity index (χ2v) is 5.81. The van der Waals surface area contributed by atoms with Gasteiger partial charge in [-0.05, 0) is 43.7 Å². The van der Waals surface area contributed by atoms with Crippen LogP contribution in [0.25, 0.3) is 11.3 Å². The summed E-state index contributed by atoms with van der Waals surface area (Å²) >= 11 is 0. The van der Waals surface area contributed by atoms with E-state index >= 15 is 0 Å². The first-order valence-electron chi connectivity index (χ1n) is 7.58. The molecule has 2 heterocycles. The summed E-state index contributed by atoms with van der Waals surface area (Å²) in [5, 5.41) is 9.17. The topological polar surface area (TPSA) is 53.7 Å². The van der Waals surface area contributed by atoms with Crippen molar-refractivity contribution in [1.29, 1.82) is 0 Å². The van der Waals surface area contributed by atoms with Crippen LogP contribution in [0.3, 0.4) is 0 Å². The van der Waals surface area contributed by atoms with Gasteiger partial charge in [-0.15, -0.1) is 0 Å². The highest BCUT2D eigenvalue weighted by molar-refractivity contribution is 5.73. The Hall–Kier alpha value is -2.28. The number of furan rings is 1. The fraction of sp³-hybridized carbons (Fsp3) is 0.353. The minimum atomic E-state index is -4.41. The van der Waals surface area contributed by atoms with Gasteiger partial charge in [-0.1, -0.05) is 12.1 Å². The van der Waals surface area contributed by atoms with Crippen LogP contribution in [0.5, 0.6) is 0 Å². The molecule has 0 aliphatic carbocycles. The lowest BCUT2D eigenvalue weighted by molar-refractivity contribution is -0.142. The standard InChI is InChI=1S/C17H16F3NO3/c18-17(19,20)12-4-1-3-11(9-12)15-7-6-13(24-15)10-21-8-2-5-14(21)16(22)23/h1,3-4,6-7,9,14H,2,5,8,10H2,(H,22,23)/t14-/m0/s1. The summed E-state index contributed by atoms with van der Waals surface area (Å²) < 4.78 is 44.0. The summed E-state index contributed by atoms with van der Waals surface area (Å²) in [5.41, 5.74) is -0.393. The molecule has 24 heavy (non-hydrogen) atoms. The van der Waals surface area contributed by atoms with Gasteiger partial charge in [-0.25, -0.2) is 0 Å². The Morgan fingerprint density at radius 1 is 1.29 bits per heavy atom. The average Bonchev–Trinajstić information content (AvgIpc) is 3.16. The van der Waals surface area contributed by atoms with Crippen molar-refractivity contribution in [2.45, 2.75) is 31.6 Å². The maximum atomic E-state index is 12.8. The van der Waals surface area contributed by atoms with Crippen molar-refractivity contribution >= 4 is 5.97 Å². The number of hydrogen-bond acceptors (Lipinski definition) is 3. The molecule has 0 unspecified atom stereocenters. The summed E-state index contributed by atoms with van der Waals surface area (Å²) in [6, 6.07) is 7.68. The van der Waals surface area contributed by atoms with Crippen LogP contribution in [0.4, 0.5) is 13.2 Å². The van der Waals surface area contributed by atoms with Gasteiger partial charge in [0.15, 0.2) is 0 Å². The van der Waals surface area contributed by atoms with Crippen molar-refractivity contribution in [1.82, 2.24) is 4.90 Å². The number of aliphatic carboxylic acids is 1. The van der Waals surface area contributed by atoms with E-state index in [-0.39, 0.29) is 0 Å². The van der Waals surface area contributed by atoms with Crippen LogP contribution in [0.15, 0.2) is 40.8 Å². The summed E-state index contributed by atoms with van der Waals surface area (Å²) in [7, 11) is 0. The zero-order chi connectivity index (χ0) is 17.3. The molecule has 1 fully saturated rings. The van der Waals surface area contributed by atoms with Crippen LogP contribution >= 0.6 is 0 Å². The Bertz CT molecular complexity index is 739. The number of alkyl halides is 3. The van der Waals surface area contributed by atoms with Crippen LogP contribution < -0.4 is 0 Å². The molecule has 0 saturated carbocycles. The lowest BCUT2D eigenvalue weighted by atomic mass is 10.1. The van der Waals surface area contributed by atoms with Gasteiger partial charge in [0.1, 0.15) is 17.6 Å². The van der Waals surface area contributed by atoms with Crippen LogP contribution in [0, 0.1) is 0 Å². The number of carboxylic acid groups (broad SMARTS) is 1. The molecule has 1 aliphatic heterocycles. The summed E-state index contributed by atoms with van der Waals surface area (Å²) in [6.45, 7) is 0.993. The number of nitrogens with zero attached hydrogens (tertiary/aromatic N) is 1. The minimum Gasteiger partial charge on any atom is -0.480 e. The van der Waals surface area contributed by atoms with Gasteiger partial charge < -0.3 is 9.52 Å².